The summed E-state index contributed by atoms with van der Waals surface area (Å²) in [7, 11) is 3.96. The molecule has 194 valence electrons. The van der Waals surface area contributed by atoms with Gasteiger partial charge in [0.2, 0.25) is 17.8 Å². The first-order valence-electron chi connectivity index (χ1n) is 13.3. The fourth-order valence-corrected chi connectivity index (χ4v) is 5.34. The number of hydrogen-bond donors (Lipinski definition) is 3. The maximum absolute atomic E-state index is 12.8. The lowest BCUT2D eigenvalue weighted by Crippen LogP contribution is -2.36. The molecule has 2 aliphatic carbocycles. The van der Waals surface area contributed by atoms with Gasteiger partial charge in [0.25, 0.3) is 0 Å². The van der Waals surface area contributed by atoms with E-state index < -0.39 is 0 Å². The Morgan fingerprint density at radius 2 is 1.69 bits per heavy atom. The average molecular weight is 493 g/mol. The monoisotopic (exact) mass is 492 g/mol. The zero-order chi connectivity index (χ0) is 25.5. The summed E-state index contributed by atoms with van der Waals surface area (Å²) < 4.78 is 0. The van der Waals surface area contributed by atoms with E-state index in [9.17, 15) is 9.59 Å². The average Bonchev–Trinajstić information content (AvgIpc) is 2.89. The summed E-state index contributed by atoms with van der Waals surface area (Å²) in [6.45, 7) is 2.47. The van der Waals surface area contributed by atoms with Gasteiger partial charge in [-0.3, -0.25) is 9.59 Å². The van der Waals surface area contributed by atoms with Gasteiger partial charge in [0.15, 0.2) is 0 Å². The van der Waals surface area contributed by atoms with E-state index >= 15 is 0 Å². The van der Waals surface area contributed by atoms with Crippen LogP contribution in [0, 0.1) is 18.8 Å². The largest absolute Gasteiger partial charge is 0.362 e. The molecule has 3 N–H and O–H groups in total. The molecular formula is C28H40N6O2. The summed E-state index contributed by atoms with van der Waals surface area (Å²) in [6.07, 6.45) is 10.8. The minimum Gasteiger partial charge on any atom is -0.362 e. The molecule has 2 fully saturated rings. The summed E-state index contributed by atoms with van der Waals surface area (Å²) in [5.74, 6) is 1.93. The number of nitrogens with zero attached hydrogens (tertiary/aromatic N) is 3. The topological polar surface area (TPSA) is 99.2 Å². The fraction of sp³-hybridized carbons (Fsp3) is 0.571. The molecule has 0 radical (unpaired) electrons. The molecule has 1 aromatic carbocycles. The van der Waals surface area contributed by atoms with Gasteiger partial charge in [0.05, 0.1) is 0 Å². The molecule has 0 aliphatic heterocycles. The van der Waals surface area contributed by atoms with Crippen molar-refractivity contribution < 1.29 is 9.59 Å². The number of hydrogen-bond acceptors (Lipinski definition) is 6. The highest BCUT2D eigenvalue weighted by Gasteiger charge is 2.27. The van der Waals surface area contributed by atoms with Crippen molar-refractivity contribution in [3.63, 3.8) is 0 Å². The Balaban J connectivity index is 1.22. The Bertz CT molecular complexity index is 1040. The van der Waals surface area contributed by atoms with Crippen LogP contribution < -0.4 is 20.9 Å². The highest BCUT2D eigenvalue weighted by Crippen LogP contribution is 2.27. The van der Waals surface area contributed by atoms with Crippen LogP contribution in [0.4, 0.5) is 17.5 Å². The minimum atomic E-state index is 0.0218. The van der Waals surface area contributed by atoms with Crippen LogP contribution in [0.5, 0.6) is 0 Å². The van der Waals surface area contributed by atoms with Gasteiger partial charge in [-0.25, -0.2) is 4.98 Å². The van der Waals surface area contributed by atoms with E-state index in [0.29, 0.717) is 12.5 Å². The number of anilines is 3. The number of nitrogens with one attached hydrogen (secondary N) is 3. The van der Waals surface area contributed by atoms with E-state index in [2.05, 4.69) is 25.9 Å². The number of carbonyl (C=O) groups is 2. The van der Waals surface area contributed by atoms with E-state index in [1.165, 1.54) is 6.42 Å². The SMILES string of the molecule is Cc1cnc(N[C@H]2CC[C@@H](C(=O)NCc3cccc(NC(=O)C4CCCCC4)c3)CC2)nc1N(C)C. The fourth-order valence-electron chi connectivity index (χ4n) is 5.34. The first-order chi connectivity index (χ1) is 17.4. The van der Waals surface area contributed by atoms with Crippen molar-refractivity contribution in [2.75, 3.05) is 29.6 Å². The molecule has 2 saturated carbocycles. The van der Waals surface area contributed by atoms with Gasteiger partial charge < -0.3 is 20.9 Å². The van der Waals surface area contributed by atoms with Gasteiger partial charge in [-0.15, -0.1) is 0 Å². The summed E-state index contributed by atoms with van der Waals surface area (Å²) in [5, 5.41) is 9.62. The van der Waals surface area contributed by atoms with Crippen LogP contribution in [0.3, 0.4) is 0 Å². The van der Waals surface area contributed by atoms with Crippen LogP contribution >= 0.6 is 0 Å². The normalized spacial score (nSPS) is 20.4. The van der Waals surface area contributed by atoms with E-state index in [4.69, 9.17) is 0 Å². The lowest BCUT2D eigenvalue weighted by Gasteiger charge is -2.28. The lowest BCUT2D eigenvalue weighted by molar-refractivity contribution is -0.126. The quantitative estimate of drug-likeness (QED) is 0.496. The maximum atomic E-state index is 12.8. The molecule has 8 heteroatoms. The highest BCUT2D eigenvalue weighted by atomic mass is 16.2. The lowest BCUT2D eigenvalue weighted by atomic mass is 9.85. The number of amides is 2. The zero-order valence-corrected chi connectivity index (χ0v) is 21.8. The maximum Gasteiger partial charge on any atom is 0.227 e. The van der Waals surface area contributed by atoms with Gasteiger partial charge in [0, 0.05) is 56.0 Å². The molecule has 8 nitrogen and oxygen atoms in total. The number of carbonyl (C=O) groups excluding carboxylic acids is 2. The van der Waals surface area contributed by atoms with Crippen molar-refractivity contribution in [1.82, 2.24) is 15.3 Å². The van der Waals surface area contributed by atoms with Gasteiger partial charge in [-0.05, 0) is 63.1 Å². The molecule has 4 rings (SSSR count). The number of aryl methyl sites for hydroxylation is 1. The van der Waals surface area contributed by atoms with Crippen molar-refractivity contribution in [1.29, 1.82) is 0 Å². The molecule has 0 bridgehead atoms. The zero-order valence-electron chi connectivity index (χ0n) is 21.8. The van der Waals surface area contributed by atoms with Crippen LogP contribution in [0.25, 0.3) is 0 Å². The second-order valence-electron chi connectivity index (χ2n) is 10.5. The molecule has 0 unspecified atom stereocenters. The van der Waals surface area contributed by atoms with Crippen molar-refractivity contribution >= 4 is 29.3 Å². The first-order valence-corrected chi connectivity index (χ1v) is 13.3. The summed E-state index contributed by atoms with van der Waals surface area (Å²) in [6, 6.07) is 8.08. The Kier molecular flexibility index (Phi) is 8.78. The Hall–Kier alpha value is -3.16. The van der Waals surface area contributed by atoms with Crippen molar-refractivity contribution in [3.8, 4) is 0 Å². The van der Waals surface area contributed by atoms with Crippen LogP contribution in [-0.2, 0) is 16.1 Å². The summed E-state index contributed by atoms with van der Waals surface area (Å²) >= 11 is 0. The minimum absolute atomic E-state index is 0.0218. The summed E-state index contributed by atoms with van der Waals surface area (Å²) in [5.41, 5.74) is 2.84. The predicted octanol–water partition coefficient (Wildman–Crippen LogP) is 4.66. The molecule has 1 aromatic heterocycles. The Labute approximate surface area is 214 Å². The van der Waals surface area contributed by atoms with E-state index in [1.54, 1.807) is 0 Å². The van der Waals surface area contributed by atoms with Crippen LogP contribution in [-0.4, -0.2) is 41.9 Å². The van der Waals surface area contributed by atoms with Gasteiger partial charge >= 0.3 is 0 Å². The van der Waals surface area contributed by atoms with Gasteiger partial charge in [-0.1, -0.05) is 31.4 Å². The molecule has 0 atom stereocenters. The third-order valence-electron chi connectivity index (χ3n) is 7.44. The number of aromatic nitrogens is 2. The van der Waals surface area contributed by atoms with E-state index in [1.807, 2.05) is 56.4 Å². The number of benzene rings is 1. The Morgan fingerprint density at radius 3 is 2.42 bits per heavy atom. The van der Waals surface area contributed by atoms with Crippen LogP contribution in [0.15, 0.2) is 30.5 Å². The molecular weight excluding hydrogens is 452 g/mol. The highest BCUT2D eigenvalue weighted by molar-refractivity contribution is 5.92. The molecule has 0 spiro atoms. The smallest absolute Gasteiger partial charge is 0.227 e. The molecule has 0 saturated heterocycles. The third kappa shape index (κ3) is 6.95. The van der Waals surface area contributed by atoms with Gasteiger partial charge in [0.1, 0.15) is 5.82 Å². The standard InChI is InChI=1S/C28H40N6O2/c1-19-17-30-28(33-25(19)34(2)3)32-23-14-12-22(13-15-23)26(35)29-18-20-8-7-11-24(16-20)31-27(36)21-9-5-4-6-10-21/h7-8,11,16-17,21-23H,4-6,9-10,12-15,18H2,1-3H3,(H,29,35)(H,31,36)(H,30,32,33)/t22-,23+. The molecule has 1 heterocycles. The predicted molar refractivity (Wildman–Crippen MR) is 144 cm³/mol. The second-order valence-corrected chi connectivity index (χ2v) is 10.5. The Morgan fingerprint density at radius 1 is 0.972 bits per heavy atom. The summed E-state index contributed by atoms with van der Waals surface area (Å²) in [4.78, 5) is 36.4. The van der Waals surface area contributed by atoms with E-state index in [-0.39, 0.29) is 29.7 Å². The molecule has 2 aromatic rings. The third-order valence-corrected chi connectivity index (χ3v) is 7.44. The first kappa shape index (κ1) is 25.9. The van der Waals surface area contributed by atoms with Crippen molar-refractivity contribution in [2.24, 2.45) is 11.8 Å². The molecule has 2 aliphatic rings. The second kappa shape index (κ2) is 12.2. The molecule has 2 amide bonds. The van der Waals surface area contributed by atoms with E-state index in [0.717, 1.165) is 74.0 Å². The number of rotatable bonds is 8. The van der Waals surface area contributed by atoms with Crippen molar-refractivity contribution in [2.45, 2.75) is 77.3 Å². The van der Waals surface area contributed by atoms with Gasteiger partial charge in [-0.2, -0.15) is 4.98 Å². The van der Waals surface area contributed by atoms with Crippen LogP contribution in [0.2, 0.25) is 0 Å². The van der Waals surface area contributed by atoms with Crippen molar-refractivity contribution in [3.05, 3.63) is 41.6 Å². The molecule has 36 heavy (non-hydrogen) atoms. The van der Waals surface area contributed by atoms with Crippen LogP contribution in [0.1, 0.15) is 68.9 Å².